The van der Waals surface area contributed by atoms with Gasteiger partial charge in [-0.3, -0.25) is 4.98 Å². The molecule has 2 aromatic carbocycles. The molecule has 0 amide bonds. The maximum Gasteiger partial charge on any atom is 0.161 e. The molecule has 0 spiro atoms. The fourth-order valence-corrected chi connectivity index (χ4v) is 2.94. The standard InChI is InChI=1S/C21H23N3O3/c1-3-5-17(14-6-4-7-16(25)10-14)23-21-13-22-12-18(24-21)15-8-9-19(26)20(11-15)27-2/h4,6-13,17,25-26H,3,5H2,1-2H3,(H,23,24)/t17-/m0/s1. The topological polar surface area (TPSA) is 87.5 Å². The van der Waals surface area contributed by atoms with Crippen molar-refractivity contribution < 1.29 is 14.9 Å². The molecule has 6 nitrogen and oxygen atoms in total. The van der Waals surface area contributed by atoms with Gasteiger partial charge in [0.2, 0.25) is 0 Å². The van der Waals surface area contributed by atoms with E-state index in [2.05, 4.69) is 22.2 Å². The van der Waals surface area contributed by atoms with E-state index in [1.54, 1.807) is 42.7 Å². The van der Waals surface area contributed by atoms with Gasteiger partial charge in [-0.2, -0.15) is 0 Å². The number of hydrogen-bond acceptors (Lipinski definition) is 6. The summed E-state index contributed by atoms with van der Waals surface area (Å²) in [6, 6.07) is 12.3. The first-order valence-electron chi connectivity index (χ1n) is 8.85. The number of aromatic nitrogens is 2. The molecule has 3 N–H and O–H groups in total. The van der Waals surface area contributed by atoms with E-state index in [1.807, 2.05) is 12.1 Å². The van der Waals surface area contributed by atoms with Gasteiger partial charge in [0.25, 0.3) is 0 Å². The monoisotopic (exact) mass is 365 g/mol. The molecular formula is C21H23N3O3. The second-order valence-electron chi connectivity index (χ2n) is 6.26. The molecule has 0 saturated carbocycles. The molecule has 6 heteroatoms. The maximum absolute atomic E-state index is 9.77. The van der Waals surface area contributed by atoms with Gasteiger partial charge in [0.15, 0.2) is 11.5 Å². The molecule has 0 radical (unpaired) electrons. The Balaban J connectivity index is 1.88. The molecule has 1 aromatic heterocycles. The summed E-state index contributed by atoms with van der Waals surface area (Å²) in [7, 11) is 1.51. The van der Waals surface area contributed by atoms with Crippen molar-refractivity contribution in [3.05, 3.63) is 60.4 Å². The van der Waals surface area contributed by atoms with Crippen molar-refractivity contribution in [2.45, 2.75) is 25.8 Å². The molecule has 3 rings (SSSR count). The van der Waals surface area contributed by atoms with E-state index in [4.69, 9.17) is 4.74 Å². The van der Waals surface area contributed by atoms with Crippen molar-refractivity contribution in [1.29, 1.82) is 0 Å². The highest BCUT2D eigenvalue weighted by atomic mass is 16.5. The zero-order valence-electron chi connectivity index (χ0n) is 15.4. The fraction of sp³-hybridized carbons (Fsp3) is 0.238. The van der Waals surface area contributed by atoms with Crippen LogP contribution in [0.15, 0.2) is 54.9 Å². The first-order chi connectivity index (χ1) is 13.1. The van der Waals surface area contributed by atoms with Gasteiger partial charge in [0.05, 0.1) is 31.2 Å². The highest BCUT2D eigenvalue weighted by Crippen LogP contribution is 2.31. The number of rotatable bonds is 7. The predicted octanol–water partition coefficient (Wildman–Crippen LogP) is 4.52. The van der Waals surface area contributed by atoms with Gasteiger partial charge in [0, 0.05) is 5.56 Å². The highest BCUT2D eigenvalue weighted by Gasteiger charge is 2.13. The SMILES string of the molecule is CCC[C@H](Nc1cncc(-c2ccc(O)c(OC)c2)n1)c1cccc(O)c1. The summed E-state index contributed by atoms with van der Waals surface area (Å²) in [5.41, 5.74) is 2.46. The van der Waals surface area contributed by atoms with Crippen LogP contribution >= 0.6 is 0 Å². The number of aromatic hydroxyl groups is 2. The fourth-order valence-electron chi connectivity index (χ4n) is 2.94. The van der Waals surface area contributed by atoms with Crippen molar-refractivity contribution in [3.8, 4) is 28.5 Å². The van der Waals surface area contributed by atoms with Gasteiger partial charge >= 0.3 is 0 Å². The van der Waals surface area contributed by atoms with Gasteiger partial charge in [-0.25, -0.2) is 4.98 Å². The quantitative estimate of drug-likeness (QED) is 0.571. The summed E-state index contributed by atoms with van der Waals surface area (Å²) < 4.78 is 5.17. The van der Waals surface area contributed by atoms with E-state index < -0.39 is 0 Å². The number of phenols is 2. The lowest BCUT2D eigenvalue weighted by molar-refractivity contribution is 0.373. The molecule has 0 unspecified atom stereocenters. The van der Waals surface area contributed by atoms with Crippen LogP contribution in [0.5, 0.6) is 17.2 Å². The zero-order valence-corrected chi connectivity index (χ0v) is 15.4. The molecule has 0 fully saturated rings. The number of hydrogen-bond donors (Lipinski definition) is 3. The van der Waals surface area contributed by atoms with Crippen LogP contribution in [0, 0.1) is 0 Å². The lowest BCUT2D eigenvalue weighted by Gasteiger charge is -2.19. The molecule has 1 heterocycles. The summed E-state index contributed by atoms with van der Waals surface area (Å²) in [4.78, 5) is 8.93. The second-order valence-corrected chi connectivity index (χ2v) is 6.26. The van der Waals surface area contributed by atoms with Gasteiger partial charge in [-0.05, 0) is 42.3 Å². The van der Waals surface area contributed by atoms with Gasteiger partial charge in [-0.15, -0.1) is 0 Å². The minimum absolute atomic E-state index is 0.0148. The molecule has 0 aliphatic heterocycles. The van der Waals surface area contributed by atoms with Crippen LogP contribution in [0.3, 0.4) is 0 Å². The zero-order chi connectivity index (χ0) is 19.2. The molecule has 0 aliphatic carbocycles. The Bertz CT molecular complexity index is 915. The summed E-state index contributed by atoms with van der Waals surface area (Å²) in [5.74, 6) is 1.35. The average Bonchev–Trinajstić information content (AvgIpc) is 2.68. The summed E-state index contributed by atoms with van der Waals surface area (Å²) in [6.45, 7) is 2.11. The van der Waals surface area contributed by atoms with E-state index in [9.17, 15) is 10.2 Å². The Kier molecular flexibility index (Phi) is 5.76. The molecule has 0 bridgehead atoms. The highest BCUT2D eigenvalue weighted by molar-refractivity contribution is 5.64. The molecule has 0 aliphatic rings. The Morgan fingerprint density at radius 3 is 2.70 bits per heavy atom. The molecule has 140 valence electrons. The molecule has 1 atom stereocenters. The molecule has 3 aromatic rings. The Hall–Kier alpha value is -3.28. The smallest absolute Gasteiger partial charge is 0.161 e. The van der Waals surface area contributed by atoms with Crippen molar-refractivity contribution >= 4 is 5.82 Å². The minimum Gasteiger partial charge on any atom is -0.508 e. The lowest BCUT2D eigenvalue weighted by Crippen LogP contribution is -2.12. The normalized spacial score (nSPS) is 11.8. The van der Waals surface area contributed by atoms with Gasteiger partial charge in [0.1, 0.15) is 11.6 Å². The van der Waals surface area contributed by atoms with E-state index in [1.165, 1.54) is 7.11 Å². The summed E-state index contributed by atoms with van der Waals surface area (Å²) >= 11 is 0. The maximum atomic E-state index is 9.77. The van der Waals surface area contributed by atoms with Crippen LogP contribution in [0.1, 0.15) is 31.4 Å². The van der Waals surface area contributed by atoms with Crippen LogP contribution in [0.25, 0.3) is 11.3 Å². The van der Waals surface area contributed by atoms with E-state index >= 15 is 0 Å². The lowest BCUT2D eigenvalue weighted by atomic mass is 10.0. The van der Waals surface area contributed by atoms with Crippen LogP contribution in [0.4, 0.5) is 5.82 Å². The Labute approximate surface area is 158 Å². The minimum atomic E-state index is 0.0148. The van der Waals surface area contributed by atoms with E-state index in [-0.39, 0.29) is 17.5 Å². The van der Waals surface area contributed by atoms with Crippen molar-refractivity contribution in [3.63, 3.8) is 0 Å². The predicted molar refractivity (Wildman–Crippen MR) is 105 cm³/mol. The summed E-state index contributed by atoms with van der Waals surface area (Å²) in [6.07, 6.45) is 5.21. The number of ether oxygens (including phenoxy) is 1. The number of nitrogens with one attached hydrogen (secondary N) is 1. The number of nitrogens with zero attached hydrogens (tertiary/aromatic N) is 2. The third kappa shape index (κ3) is 4.47. The molecule has 27 heavy (non-hydrogen) atoms. The van der Waals surface area contributed by atoms with Crippen LogP contribution in [0.2, 0.25) is 0 Å². The Morgan fingerprint density at radius 1 is 1.11 bits per heavy atom. The van der Waals surface area contributed by atoms with Gasteiger partial charge < -0.3 is 20.3 Å². The first-order valence-corrected chi connectivity index (χ1v) is 8.85. The van der Waals surface area contributed by atoms with Crippen molar-refractivity contribution in [2.75, 3.05) is 12.4 Å². The van der Waals surface area contributed by atoms with E-state index in [0.717, 1.165) is 24.0 Å². The number of phenolic OH excluding ortho intramolecular Hbond substituents is 2. The van der Waals surface area contributed by atoms with Gasteiger partial charge in [-0.1, -0.05) is 25.5 Å². The largest absolute Gasteiger partial charge is 0.508 e. The number of methoxy groups -OCH3 is 1. The van der Waals surface area contributed by atoms with Crippen LogP contribution < -0.4 is 10.1 Å². The van der Waals surface area contributed by atoms with Crippen LogP contribution in [-0.2, 0) is 0 Å². The average molecular weight is 365 g/mol. The van der Waals surface area contributed by atoms with Crippen LogP contribution in [-0.4, -0.2) is 27.3 Å². The Morgan fingerprint density at radius 2 is 1.96 bits per heavy atom. The first kappa shape index (κ1) is 18.5. The summed E-state index contributed by atoms with van der Waals surface area (Å²) in [5, 5.41) is 23.0. The van der Waals surface area contributed by atoms with Crippen molar-refractivity contribution in [2.24, 2.45) is 0 Å². The van der Waals surface area contributed by atoms with E-state index in [0.29, 0.717) is 17.3 Å². The second kappa shape index (κ2) is 8.40. The third-order valence-corrected chi connectivity index (χ3v) is 4.28. The number of anilines is 1. The number of benzene rings is 2. The molecule has 0 saturated heterocycles. The molecular weight excluding hydrogens is 342 g/mol. The third-order valence-electron chi connectivity index (χ3n) is 4.28. The van der Waals surface area contributed by atoms with Crippen molar-refractivity contribution in [1.82, 2.24) is 9.97 Å².